The number of carbonyl (C=O) groups is 1. The zero-order chi connectivity index (χ0) is 23.0. The molecule has 2 N–H and O–H groups in total. The number of halogens is 1. The second-order valence-electron chi connectivity index (χ2n) is 7.25. The molecule has 0 bridgehead atoms. The average Bonchev–Trinajstić information content (AvgIpc) is 2.77. The molecule has 1 atom stereocenters. The van der Waals surface area contributed by atoms with Crippen LogP contribution in [-0.2, 0) is 21.2 Å². The first-order valence-corrected chi connectivity index (χ1v) is 11.6. The van der Waals surface area contributed by atoms with Gasteiger partial charge in [-0.15, -0.1) is 0 Å². The van der Waals surface area contributed by atoms with Gasteiger partial charge < -0.3 is 10.1 Å². The molecule has 3 rings (SSSR count). The maximum absolute atomic E-state index is 14.1. The smallest absolute Gasteiger partial charge is 0.244 e. The zero-order valence-electron chi connectivity index (χ0n) is 17.6. The third kappa shape index (κ3) is 6.63. The predicted molar refractivity (Wildman–Crippen MR) is 120 cm³/mol. The van der Waals surface area contributed by atoms with E-state index in [1.807, 2.05) is 37.3 Å². The van der Waals surface area contributed by atoms with Gasteiger partial charge in [0, 0.05) is 0 Å². The summed E-state index contributed by atoms with van der Waals surface area (Å²) in [6.45, 7) is 2.34. The van der Waals surface area contributed by atoms with Crippen LogP contribution in [0.4, 0.5) is 4.39 Å². The first-order chi connectivity index (χ1) is 15.3. The molecule has 0 saturated carbocycles. The van der Waals surface area contributed by atoms with Crippen molar-refractivity contribution in [3.63, 3.8) is 0 Å². The number of hydrogen-bond acceptors (Lipinski definition) is 4. The lowest BCUT2D eigenvalue weighted by atomic mass is 10.1. The summed E-state index contributed by atoms with van der Waals surface area (Å²) >= 11 is 0. The van der Waals surface area contributed by atoms with Gasteiger partial charge in [0.2, 0.25) is 15.9 Å². The number of aryl methyl sites for hydroxylation is 1. The maximum atomic E-state index is 14.1. The lowest BCUT2D eigenvalue weighted by Gasteiger charge is -2.19. The van der Waals surface area contributed by atoms with Crippen LogP contribution in [-0.4, -0.2) is 33.5 Å². The molecule has 0 saturated heterocycles. The van der Waals surface area contributed by atoms with Crippen molar-refractivity contribution in [3.05, 3.63) is 95.8 Å². The Morgan fingerprint density at radius 1 is 1.00 bits per heavy atom. The second-order valence-corrected chi connectivity index (χ2v) is 8.93. The molecule has 1 unspecified atom stereocenters. The van der Waals surface area contributed by atoms with Crippen molar-refractivity contribution in [2.45, 2.75) is 24.3 Å². The molecule has 6 nitrogen and oxygen atoms in total. The van der Waals surface area contributed by atoms with Gasteiger partial charge in [0.25, 0.3) is 0 Å². The van der Waals surface area contributed by atoms with Gasteiger partial charge in [-0.3, -0.25) is 4.79 Å². The van der Waals surface area contributed by atoms with E-state index in [0.717, 1.165) is 23.3 Å². The predicted octanol–water partition coefficient (Wildman–Crippen LogP) is 3.22. The molecule has 32 heavy (non-hydrogen) atoms. The van der Waals surface area contributed by atoms with Gasteiger partial charge in [-0.2, -0.15) is 4.72 Å². The normalized spacial score (nSPS) is 12.2. The highest BCUT2D eigenvalue weighted by Gasteiger charge is 2.27. The first kappa shape index (κ1) is 23.4. The van der Waals surface area contributed by atoms with E-state index in [9.17, 15) is 17.6 Å². The second kappa shape index (κ2) is 10.9. The Morgan fingerprint density at radius 2 is 1.72 bits per heavy atom. The Kier molecular flexibility index (Phi) is 7.97. The van der Waals surface area contributed by atoms with Crippen molar-refractivity contribution < 1.29 is 22.3 Å². The molecule has 0 radical (unpaired) electrons. The van der Waals surface area contributed by atoms with Gasteiger partial charge in [0.1, 0.15) is 29.1 Å². The Bertz CT molecular complexity index is 1150. The summed E-state index contributed by atoms with van der Waals surface area (Å²) in [7, 11) is -4.25. The van der Waals surface area contributed by atoms with Crippen molar-refractivity contribution in [3.8, 4) is 5.75 Å². The fraction of sp³-hybridized carbons (Fsp3) is 0.208. The van der Waals surface area contributed by atoms with Gasteiger partial charge in [0.05, 0.1) is 6.54 Å². The third-order valence-electron chi connectivity index (χ3n) is 4.68. The molecule has 1 amide bonds. The molecule has 168 valence electrons. The molecule has 0 aliphatic carbocycles. The van der Waals surface area contributed by atoms with Crippen LogP contribution < -0.4 is 14.8 Å². The van der Waals surface area contributed by atoms with E-state index in [4.69, 9.17) is 4.74 Å². The lowest BCUT2D eigenvalue weighted by molar-refractivity contribution is -0.122. The minimum Gasteiger partial charge on any atom is -0.492 e. The number of carbonyl (C=O) groups excluding carboxylic acids is 1. The van der Waals surface area contributed by atoms with E-state index in [0.29, 0.717) is 5.75 Å². The van der Waals surface area contributed by atoms with Crippen molar-refractivity contribution in [2.75, 3.05) is 13.2 Å². The highest BCUT2D eigenvalue weighted by molar-refractivity contribution is 7.89. The van der Waals surface area contributed by atoms with Gasteiger partial charge in [-0.05, 0) is 48.7 Å². The topological polar surface area (TPSA) is 84.5 Å². The number of sulfonamides is 1. The largest absolute Gasteiger partial charge is 0.492 e. The standard InChI is InChI=1S/C24H25FN2O4S/c1-18-8-7-11-20(16-18)31-15-14-26-24(28)22(17-19-9-3-2-4-10-19)27-32(29,30)23-13-6-5-12-21(23)25/h2-13,16,22,27H,14-15,17H2,1H3,(H,26,28). The van der Waals surface area contributed by atoms with Crippen molar-refractivity contribution >= 4 is 15.9 Å². The van der Waals surface area contributed by atoms with Gasteiger partial charge in [-0.25, -0.2) is 12.8 Å². The number of amides is 1. The van der Waals surface area contributed by atoms with Crippen LogP contribution in [0.2, 0.25) is 0 Å². The van der Waals surface area contributed by atoms with Crippen LogP contribution in [0.15, 0.2) is 83.8 Å². The summed E-state index contributed by atoms with van der Waals surface area (Å²) < 4.78 is 47.5. The SMILES string of the molecule is Cc1cccc(OCCNC(=O)C(Cc2ccccc2)NS(=O)(=O)c2ccccc2F)c1. The average molecular weight is 457 g/mol. The van der Waals surface area contributed by atoms with Crippen LogP contribution in [0.3, 0.4) is 0 Å². The Balaban J connectivity index is 1.68. The van der Waals surface area contributed by atoms with E-state index in [2.05, 4.69) is 10.0 Å². The summed E-state index contributed by atoms with van der Waals surface area (Å²) in [6.07, 6.45) is 0.110. The fourth-order valence-corrected chi connectivity index (χ4v) is 4.40. The van der Waals surface area contributed by atoms with E-state index >= 15 is 0 Å². The van der Waals surface area contributed by atoms with Crippen molar-refractivity contribution in [1.82, 2.24) is 10.0 Å². The van der Waals surface area contributed by atoms with E-state index in [1.54, 1.807) is 24.3 Å². The van der Waals surface area contributed by atoms with E-state index in [1.165, 1.54) is 12.1 Å². The number of benzene rings is 3. The molecule has 8 heteroatoms. The molecule has 0 spiro atoms. The number of ether oxygens (including phenoxy) is 1. The molecule has 0 fully saturated rings. The van der Waals surface area contributed by atoms with Gasteiger partial charge in [0.15, 0.2) is 0 Å². The molecular weight excluding hydrogens is 431 g/mol. The zero-order valence-corrected chi connectivity index (χ0v) is 18.4. The van der Waals surface area contributed by atoms with Crippen LogP contribution >= 0.6 is 0 Å². The monoisotopic (exact) mass is 456 g/mol. The molecular formula is C24H25FN2O4S. The van der Waals surface area contributed by atoms with Crippen molar-refractivity contribution in [1.29, 1.82) is 0 Å². The summed E-state index contributed by atoms with van der Waals surface area (Å²) in [5.41, 5.74) is 1.82. The Hall–Kier alpha value is -3.23. The third-order valence-corrected chi connectivity index (χ3v) is 6.19. The number of rotatable bonds is 10. The lowest BCUT2D eigenvalue weighted by Crippen LogP contribution is -2.48. The molecule has 0 aliphatic rings. The van der Waals surface area contributed by atoms with Crippen molar-refractivity contribution in [2.24, 2.45) is 0 Å². The molecule has 0 heterocycles. The molecule has 0 aliphatic heterocycles. The van der Waals surface area contributed by atoms with Crippen LogP contribution in [0, 0.1) is 12.7 Å². The Morgan fingerprint density at radius 3 is 2.44 bits per heavy atom. The minimum absolute atomic E-state index is 0.110. The molecule has 3 aromatic carbocycles. The van der Waals surface area contributed by atoms with Crippen LogP contribution in [0.1, 0.15) is 11.1 Å². The number of hydrogen-bond donors (Lipinski definition) is 2. The minimum atomic E-state index is -4.25. The van der Waals surface area contributed by atoms with Crippen LogP contribution in [0.25, 0.3) is 0 Å². The summed E-state index contributed by atoms with van der Waals surface area (Å²) in [6, 6.07) is 20.4. The molecule has 3 aromatic rings. The summed E-state index contributed by atoms with van der Waals surface area (Å²) in [4.78, 5) is 12.3. The van der Waals surface area contributed by atoms with E-state index < -0.39 is 32.7 Å². The first-order valence-electron chi connectivity index (χ1n) is 10.1. The van der Waals surface area contributed by atoms with Gasteiger partial charge >= 0.3 is 0 Å². The number of nitrogens with one attached hydrogen (secondary N) is 2. The quantitative estimate of drug-likeness (QED) is 0.459. The fourth-order valence-electron chi connectivity index (χ4n) is 3.12. The summed E-state index contributed by atoms with van der Waals surface area (Å²) in [5.74, 6) is -0.729. The molecule has 0 aromatic heterocycles. The maximum Gasteiger partial charge on any atom is 0.244 e. The highest BCUT2D eigenvalue weighted by Crippen LogP contribution is 2.15. The summed E-state index contributed by atoms with van der Waals surface area (Å²) in [5, 5.41) is 2.69. The van der Waals surface area contributed by atoms with E-state index in [-0.39, 0.29) is 19.6 Å². The van der Waals surface area contributed by atoms with Crippen LogP contribution in [0.5, 0.6) is 5.75 Å². The highest BCUT2D eigenvalue weighted by atomic mass is 32.2. The Labute approximate surface area is 187 Å². The van der Waals surface area contributed by atoms with Gasteiger partial charge in [-0.1, -0.05) is 54.6 Å².